The highest BCUT2D eigenvalue weighted by atomic mass is 19.4. The van der Waals surface area contributed by atoms with Gasteiger partial charge in [-0.3, -0.25) is 0 Å². The van der Waals surface area contributed by atoms with Gasteiger partial charge in [-0.05, 0) is 63.5 Å². The molecule has 1 saturated heterocycles. The van der Waals surface area contributed by atoms with Gasteiger partial charge in [0.1, 0.15) is 11.3 Å². The van der Waals surface area contributed by atoms with E-state index in [9.17, 15) is 31.1 Å². The minimum atomic E-state index is -4.79. The molecule has 0 spiro atoms. The Morgan fingerprint density at radius 2 is 1.69 bits per heavy atom. The first-order valence-corrected chi connectivity index (χ1v) is 11.2. The van der Waals surface area contributed by atoms with E-state index in [1.807, 2.05) is 0 Å². The number of likely N-dealkylation sites (tertiary alicyclic amines) is 1. The number of alkyl halides is 6. The monoisotopic (exact) mass is 508 g/mol. The third-order valence-corrected chi connectivity index (χ3v) is 6.27. The Hall–Kier alpha value is -2.73. The highest BCUT2D eigenvalue weighted by Gasteiger charge is 2.45. The Morgan fingerprint density at radius 3 is 2.23 bits per heavy atom. The highest BCUT2D eigenvalue weighted by molar-refractivity contribution is 5.68. The van der Waals surface area contributed by atoms with Crippen molar-refractivity contribution in [3.8, 4) is 5.75 Å². The molecule has 0 aromatic carbocycles. The van der Waals surface area contributed by atoms with Crippen LogP contribution in [0.1, 0.15) is 45.1 Å². The molecule has 3 heterocycles. The second-order valence-corrected chi connectivity index (χ2v) is 10.1. The summed E-state index contributed by atoms with van der Waals surface area (Å²) in [5.41, 5.74) is -2.21. The summed E-state index contributed by atoms with van der Waals surface area (Å²) >= 11 is 0. The fourth-order valence-corrected chi connectivity index (χ4v) is 4.91. The molecule has 1 aliphatic heterocycles. The van der Waals surface area contributed by atoms with Crippen molar-refractivity contribution in [2.24, 2.45) is 17.8 Å². The molecule has 3 atom stereocenters. The van der Waals surface area contributed by atoms with Crippen LogP contribution in [0, 0.1) is 17.8 Å². The third kappa shape index (κ3) is 5.75. The fraction of sp³-hybridized carbons (Fsp3) is 0.682. The Bertz CT molecular complexity index is 1080. The molecule has 1 aliphatic carbocycles. The summed E-state index contributed by atoms with van der Waals surface area (Å²) in [5, 5.41) is 4.00. The van der Waals surface area contributed by atoms with Gasteiger partial charge in [-0.1, -0.05) is 0 Å². The minimum Gasteiger partial charge on any atom is -0.480 e. The maximum Gasteiger partial charge on any atom is 0.433 e. The number of rotatable bonds is 4. The quantitative estimate of drug-likeness (QED) is 0.536. The van der Waals surface area contributed by atoms with Crippen LogP contribution in [0.15, 0.2) is 12.1 Å². The number of aromatic nitrogens is 3. The average molecular weight is 508 g/mol. The van der Waals surface area contributed by atoms with E-state index in [0.29, 0.717) is 23.7 Å². The smallest absolute Gasteiger partial charge is 0.433 e. The molecule has 0 N–H and O–H groups in total. The molecule has 1 amide bonds. The van der Waals surface area contributed by atoms with E-state index in [-0.39, 0.29) is 30.0 Å². The molecule has 13 heteroatoms. The maximum atomic E-state index is 13.5. The lowest BCUT2D eigenvalue weighted by Gasteiger charge is -2.38. The van der Waals surface area contributed by atoms with Gasteiger partial charge >= 0.3 is 18.4 Å². The molecule has 194 valence electrons. The predicted octanol–water partition coefficient (Wildman–Crippen LogP) is 5.12. The van der Waals surface area contributed by atoms with Crippen LogP contribution in [-0.4, -0.2) is 57.1 Å². The molecule has 1 saturated carbocycles. The Kier molecular flexibility index (Phi) is 6.33. The van der Waals surface area contributed by atoms with Crippen LogP contribution in [0.2, 0.25) is 0 Å². The molecule has 1 unspecified atom stereocenters. The van der Waals surface area contributed by atoms with E-state index < -0.39 is 47.7 Å². The van der Waals surface area contributed by atoms with Gasteiger partial charge in [-0.2, -0.15) is 31.4 Å². The zero-order valence-electron chi connectivity index (χ0n) is 19.4. The molecule has 0 radical (unpaired) electrons. The van der Waals surface area contributed by atoms with Gasteiger partial charge in [0.15, 0.2) is 23.8 Å². The Labute approximate surface area is 197 Å². The van der Waals surface area contributed by atoms with Crippen molar-refractivity contribution in [1.82, 2.24) is 19.5 Å². The van der Waals surface area contributed by atoms with Crippen LogP contribution < -0.4 is 4.74 Å². The number of ether oxygens (including phenoxy) is 2. The third-order valence-electron chi connectivity index (χ3n) is 6.27. The maximum absolute atomic E-state index is 13.5. The Balaban J connectivity index is 1.56. The number of carbonyl (C=O) groups excluding carboxylic acids is 1. The molecule has 2 aliphatic rings. The number of amides is 1. The standard InChI is InChI=1S/C22H26F6N4O3/c1-20(2,3)35-19(33)31-9-12-4-5-13(10-31)14(12)8-17-29-18-15(34-11-21(23,24)25)6-7-16(22(26,27)28)32(18)30-17/h6-7,12-14H,4-5,8-11H2,1-3H3/t12-,13+,14?. The number of carbonyl (C=O) groups is 1. The van der Waals surface area contributed by atoms with Gasteiger partial charge in [0.2, 0.25) is 0 Å². The summed E-state index contributed by atoms with van der Waals surface area (Å²) in [7, 11) is 0. The van der Waals surface area contributed by atoms with Crippen molar-refractivity contribution in [2.45, 2.75) is 58.0 Å². The van der Waals surface area contributed by atoms with Crippen LogP contribution in [0.25, 0.3) is 5.65 Å². The molecule has 2 aromatic rings. The zero-order valence-corrected chi connectivity index (χ0v) is 19.4. The molecule has 2 bridgehead atoms. The van der Waals surface area contributed by atoms with E-state index in [1.54, 1.807) is 25.7 Å². The van der Waals surface area contributed by atoms with E-state index in [2.05, 4.69) is 10.1 Å². The second kappa shape index (κ2) is 8.74. The van der Waals surface area contributed by atoms with Crippen molar-refractivity contribution in [3.05, 3.63) is 23.7 Å². The molecule has 2 aromatic heterocycles. The average Bonchev–Trinajstić information content (AvgIpc) is 3.20. The van der Waals surface area contributed by atoms with Crippen molar-refractivity contribution in [3.63, 3.8) is 0 Å². The van der Waals surface area contributed by atoms with Crippen LogP contribution >= 0.6 is 0 Å². The van der Waals surface area contributed by atoms with Gasteiger partial charge in [0.05, 0.1) is 0 Å². The first-order chi connectivity index (χ1) is 16.1. The van der Waals surface area contributed by atoms with Crippen molar-refractivity contribution >= 4 is 11.7 Å². The lowest BCUT2D eigenvalue weighted by Crippen LogP contribution is -2.47. The first kappa shape index (κ1) is 25.4. The predicted molar refractivity (Wildman–Crippen MR) is 111 cm³/mol. The first-order valence-electron chi connectivity index (χ1n) is 11.2. The van der Waals surface area contributed by atoms with Gasteiger partial charge < -0.3 is 14.4 Å². The van der Waals surface area contributed by atoms with E-state index in [1.165, 1.54) is 0 Å². The van der Waals surface area contributed by atoms with Gasteiger partial charge in [0.25, 0.3) is 0 Å². The lowest BCUT2D eigenvalue weighted by atomic mass is 9.82. The van der Waals surface area contributed by atoms with Gasteiger partial charge in [0, 0.05) is 19.5 Å². The minimum absolute atomic E-state index is 0.0278. The number of halogens is 6. The van der Waals surface area contributed by atoms with Crippen LogP contribution in [-0.2, 0) is 17.3 Å². The fourth-order valence-electron chi connectivity index (χ4n) is 4.91. The normalized spacial score (nSPS) is 23.1. The van der Waals surface area contributed by atoms with Crippen molar-refractivity contribution < 1.29 is 40.6 Å². The number of fused-ring (bicyclic) bond motifs is 3. The van der Waals surface area contributed by atoms with Crippen LogP contribution in [0.5, 0.6) is 5.75 Å². The van der Waals surface area contributed by atoms with E-state index in [4.69, 9.17) is 9.47 Å². The Morgan fingerprint density at radius 1 is 1.06 bits per heavy atom. The van der Waals surface area contributed by atoms with E-state index >= 15 is 0 Å². The molecule has 35 heavy (non-hydrogen) atoms. The molecular weight excluding hydrogens is 482 g/mol. The summed E-state index contributed by atoms with van der Waals surface area (Å²) in [6, 6.07) is 1.45. The molecule has 2 fully saturated rings. The summed E-state index contributed by atoms with van der Waals surface area (Å²) in [4.78, 5) is 18.3. The highest BCUT2D eigenvalue weighted by Crippen LogP contribution is 2.44. The van der Waals surface area contributed by atoms with Crippen molar-refractivity contribution in [1.29, 1.82) is 0 Å². The number of hydrogen-bond acceptors (Lipinski definition) is 5. The number of hydrogen-bond donors (Lipinski definition) is 0. The van der Waals surface area contributed by atoms with Crippen molar-refractivity contribution in [2.75, 3.05) is 19.7 Å². The van der Waals surface area contributed by atoms with E-state index in [0.717, 1.165) is 18.9 Å². The SMILES string of the molecule is CC(C)(C)OC(=O)N1C[C@H]2CC[C@@H](C1)C2Cc1nc2c(OCC(F)(F)F)ccc(C(F)(F)F)n2n1. The summed E-state index contributed by atoms with van der Waals surface area (Å²) < 4.78 is 89.0. The zero-order chi connectivity index (χ0) is 25.8. The molecule has 4 rings (SSSR count). The summed E-state index contributed by atoms with van der Waals surface area (Å²) in [5.74, 6) is -0.130. The largest absolute Gasteiger partial charge is 0.480 e. The lowest BCUT2D eigenvalue weighted by molar-refractivity contribution is -0.153. The summed E-state index contributed by atoms with van der Waals surface area (Å²) in [6.07, 6.45) is -7.92. The number of pyridine rings is 1. The van der Waals surface area contributed by atoms with Crippen LogP contribution in [0.4, 0.5) is 31.1 Å². The summed E-state index contributed by atoms with van der Waals surface area (Å²) in [6.45, 7) is 4.59. The number of nitrogens with zero attached hydrogens (tertiary/aromatic N) is 4. The van der Waals surface area contributed by atoms with Crippen LogP contribution in [0.3, 0.4) is 0 Å². The molecule has 7 nitrogen and oxygen atoms in total. The molecular formula is C22H26F6N4O3. The van der Waals surface area contributed by atoms with Gasteiger partial charge in [-0.15, -0.1) is 0 Å². The topological polar surface area (TPSA) is 69.0 Å². The second-order valence-electron chi connectivity index (χ2n) is 10.1. The number of piperidine rings is 1. The van der Waals surface area contributed by atoms with Gasteiger partial charge in [-0.25, -0.2) is 14.3 Å².